The summed E-state index contributed by atoms with van der Waals surface area (Å²) in [4.78, 5) is 0. The zero-order valence-corrected chi connectivity index (χ0v) is 13.3. The normalized spacial score (nSPS) is 11.4. The van der Waals surface area contributed by atoms with Crippen LogP contribution >= 0.6 is 31.9 Å². The predicted molar refractivity (Wildman–Crippen MR) is 80.6 cm³/mol. The molecule has 0 aliphatic rings. The molecule has 0 aliphatic carbocycles. The van der Waals surface area contributed by atoms with Gasteiger partial charge in [0.2, 0.25) is 0 Å². The third-order valence-electron chi connectivity index (χ3n) is 2.72. The number of hydrogen-bond donors (Lipinski definition) is 1. The van der Waals surface area contributed by atoms with Gasteiger partial charge in [0.05, 0.1) is 5.56 Å². The molecule has 0 radical (unpaired) electrons. The molecule has 0 spiro atoms. The molecule has 0 amide bonds. The molecule has 2 aromatic carbocycles. The summed E-state index contributed by atoms with van der Waals surface area (Å²) in [6.45, 7) is 0.102. The average molecular weight is 409 g/mol. The molecule has 2 rings (SSSR count). The van der Waals surface area contributed by atoms with E-state index in [9.17, 15) is 13.2 Å². The van der Waals surface area contributed by atoms with Crippen molar-refractivity contribution in [2.75, 3.05) is 5.32 Å². The Morgan fingerprint density at radius 2 is 1.70 bits per heavy atom. The van der Waals surface area contributed by atoms with Crippen molar-refractivity contribution in [3.8, 4) is 0 Å². The van der Waals surface area contributed by atoms with Gasteiger partial charge < -0.3 is 5.32 Å². The number of rotatable bonds is 3. The molecule has 0 aromatic heterocycles. The second kappa shape index (κ2) is 6.18. The van der Waals surface area contributed by atoms with Crippen molar-refractivity contribution >= 4 is 37.5 Å². The summed E-state index contributed by atoms with van der Waals surface area (Å²) in [7, 11) is 0. The summed E-state index contributed by atoms with van der Waals surface area (Å²) in [6, 6.07) is 11.0. The van der Waals surface area contributed by atoms with E-state index in [4.69, 9.17) is 0 Å². The van der Waals surface area contributed by atoms with Gasteiger partial charge in [-0.2, -0.15) is 13.2 Å². The van der Waals surface area contributed by atoms with E-state index in [1.807, 2.05) is 12.1 Å². The molecule has 1 N–H and O–H groups in total. The maximum absolute atomic E-state index is 12.9. The topological polar surface area (TPSA) is 12.0 Å². The van der Waals surface area contributed by atoms with Crippen LogP contribution in [0.3, 0.4) is 0 Å². The first kappa shape index (κ1) is 15.4. The van der Waals surface area contributed by atoms with Gasteiger partial charge in [-0.1, -0.05) is 34.1 Å². The van der Waals surface area contributed by atoms with E-state index in [1.54, 1.807) is 12.1 Å². The molecule has 0 aliphatic heterocycles. The van der Waals surface area contributed by atoms with Gasteiger partial charge in [-0.15, -0.1) is 0 Å². The molecule has 106 valence electrons. The molecule has 20 heavy (non-hydrogen) atoms. The average Bonchev–Trinajstić information content (AvgIpc) is 2.39. The lowest BCUT2D eigenvalue weighted by Crippen LogP contribution is -2.11. The minimum Gasteiger partial charge on any atom is -0.380 e. The predicted octanol–water partition coefficient (Wildman–Crippen LogP) is 5.84. The minimum atomic E-state index is -4.34. The van der Waals surface area contributed by atoms with E-state index in [2.05, 4.69) is 37.2 Å². The summed E-state index contributed by atoms with van der Waals surface area (Å²) in [5.74, 6) is 0. The number of halogens is 5. The third-order valence-corrected chi connectivity index (χ3v) is 3.91. The number of hydrogen-bond acceptors (Lipinski definition) is 1. The van der Waals surface area contributed by atoms with Gasteiger partial charge in [0.15, 0.2) is 0 Å². The van der Waals surface area contributed by atoms with Crippen molar-refractivity contribution < 1.29 is 13.2 Å². The zero-order chi connectivity index (χ0) is 14.8. The molecule has 0 unspecified atom stereocenters. The van der Waals surface area contributed by atoms with Crippen molar-refractivity contribution in [1.29, 1.82) is 0 Å². The van der Waals surface area contributed by atoms with Gasteiger partial charge in [0, 0.05) is 21.2 Å². The highest BCUT2D eigenvalue weighted by molar-refractivity contribution is 9.11. The van der Waals surface area contributed by atoms with Gasteiger partial charge >= 0.3 is 6.18 Å². The molecule has 6 heteroatoms. The van der Waals surface area contributed by atoms with E-state index in [1.165, 1.54) is 12.1 Å². The van der Waals surface area contributed by atoms with Gasteiger partial charge in [0.25, 0.3) is 0 Å². The fourth-order valence-corrected chi connectivity index (χ4v) is 2.52. The molecule has 0 bridgehead atoms. The Morgan fingerprint density at radius 1 is 1.00 bits per heavy atom. The molecule has 0 fully saturated rings. The SMILES string of the molecule is FC(F)(F)c1ccccc1CNc1cc(Br)ccc1Br. The Bertz CT molecular complexity index is 612. The summed E-state index contributed by atoms with van der Waals surface area (Å²) >= 11 is 6.68. The van der Waals surface area contributed by atoms with Crippen LogP contribution in [0.1, 0.15) is 11.1 Å². The number of benzene rings is 2. The zero-order valence-electron chi connectivity index (χ0n) is 10.1. The first-order valence-corrected chi connectivity index (χ1v) is 7.30. The number of alkyl halides is 3. The first-order valence-electron chi connectivity index (χ1n) is 5.72. The highest BCUT2D eigenvalue weighted by Crippen LogP contribution is 2.33. The van der Waals surface area contributed by atoms with Crippen molar-refractivity contribution in [3.63, 3.8) is 0 Å². The van der Waals surface area contributed by atoms with Crippen molar-refractivity contribution in [2.24, 2.45) is 0 Å². The van der Waals surface area contributed by atoms with Crippen molar-refractivity contribution in [2.45, 2.75) is 12.7 Å². The van der Waals surface area contributed by atoms with Crippen molar-refractivity contribution in [3.05, 3.63) is 62.5 Å². The van der Waals surface area contributed by atoms with Gasteiger partial charge in [-0.3, -0.25) is 0 Å². The van der Waals surface area contributed by atoms with Crippen LogP contribution in [0.4, 0.5) is 18.9 Å². The largest absolute Gasteiger partial charge is 0.416 e. The quantitative estimate of drug-likeness (QED) is 0.672. The third kappa shape index (κ3) is 3.76. The second-order valence-electron chi connectivity index (χ2n) is 4.13. The molecular weight excluding hydrogens is 399 g/mol. The van der Waals surface area contributed by atoms with Crippen LogP contribution in [-0.4, -0.2) is 0 Å². The van der Waals surface area contributed by atoms with Crippen LogP contribution < -0.4 is 5.32 Å². The Balaban J connectivity index is 2.21. The summed E-state index contributed by atoms with van der Waals surface area (Å²) in [5.41, 5.74) is 0.335. The van der Waals surface area contributed by atoms with Gasteiger partial charge in [-0.05, 0) is 45.8 Å². The summed E-state index contributed by atoms with van der Waals surface area (Å²) in [5, 5.41) is 3.01. The van der Waals surface area contributed by atoms with Crippen LogP contribution in [-0.2, 0) is 12.7 Å². The highest BCUT2D eigenvalue weighted by Gasteiger charge is 2.32. The monoisotopic (exact) mass is 407 g/mol. The van der Waals surface area contributed by atoms with Crippen molar-refractivity contribution in [1.82, 2.24) is 0 Å². The van der Waals surface area contributed by atoms with E-state index in [-0.39, 0.29) is 12.1 Å². The van der Waals surface area contributed by atoms with Crippen LogP contribution in [0.15, 0.2) is 51.4 Å². The van der Waals surface area contributed by atoms with Crippen LogP contribution in [0, 0.1) is 0 Å². The molecular formula is C14H10Br2F3N. The minimum absolute atomic E-state index is 0.102. The van der Waals surface area contributed by atoms with E-state index >= 15 is 0 Å². The van der Waals surface area contributed by atoms with E-state index < -0.39 is 11.7 Å². The van der Waals surface area contributed by atoms with Gasteiger partial charge in [0.1, 0.15) is 0 Å². The molecule has 0 saturated heterocycles. The van der Waals surface area contributed by atoms with Crippen LogP contribution in [0.25, 0.3) is 0 Å². The molecule has 2 aromatic rings. The lowest BCUT2D eigenvalue weighted by Gasteiger charge is -2.14. The molecule has 1 nitrogen and oxygen atoms in total. The summed E-state index contributed by atoms with van der Waals surface area (Å²) in [6.07, 6.45) is -4.34. The standard InChI is InChI=1S/C14H10Br2F3N/c15-10-5-6-12(16)13(7-10)20-8-9-3-1-2-4-11(9)14(17,18)19/h1-7,20H,8H2. The lowest BCUT2D eigenvalue weighted by atomic mass is 10.1. The van der Waals surface area contributed by atoms with E-state index in [0.29, 0.717) is 0 Å². The highest BCUT2D eigenvalue weighted by atomic mass is 79.9. The van der Waals surface area contributed by atoms with Crippen LogP contribution in [0.2, 0.25) is 0 Å². The Morgan fingerprint density at radius 3 is 2.40 bits per heavy atom. The fourth-order valence-electron chi connectivity index (χ4n) is 1.77. The Labute approximate surface area is 131 Å². The Hall–Kier alpha value is -1.01. The smallest absolute Gasteiger partial charge is 0.380 e. The molecule has 0 saturated carbocycles. The number of anilines is 1. The van der Waals surface area contributed by atoms with E-state index in [0.717, 1.165) is 20.7 Å². The van der Waals surface area contributed by atoms with Gasteiger partial charge in [-0.25, -0.2) is 0 Å². The molecule has 0 atom stereocenters. The van der Waals surface area contributed by atoms with Crippen LogP contribution in [0.5, 0.6) is 0 Å². The number of nitrogens with one attached hydrogen (secondary N) is 1. The molecule has 0 heterocycles. The Kier molecular flexibility index (Phi) is 4.75. The maximum atomic E-state index is 12.9. The second-order valence-corrected chi connectivity index (χ2v) is 5.90. The maximum Gasteiger partial charge on any atom is 0.416 e. The summed E-state index contributed by atoms with van der Waals surface area (Å²) < 4.78 is 40.3. The lowest BCUT2D eigenvalue weighted by molar-refractivity contribution is -0.138. The fraction of sp³-hybridized carbons (Fsp3) is 0.143. The first-order chi connectivity index (χ1) is 9.38.